The van der Waals surface area contributed by atoms with Crippen LogP contribution < -0.4 is 5.32 Å². The molecule has 4 nitrogen and oxygen atoms in total. The number of piperidine rings is 1. The largest absolute Gasteiger partial charge is 0.508 e. The zero-order valence-electron chi connectivity index (χ0n) is 13.4. The van der Waals surface area contributed by atoms with E-state index < -0.39 is 0 Å². The maximum atomic E-state index is 13.0. The number of fused-ring (bicyclic) bond motifs is 2. The minimum atomic E-state index is -0.222. The highest BCUT2D eigenvalue weighted by atomic mass is 16.3. The molecule has 1 aliphatic heterocycles. The van der Waals surface area contributed by atoms with E-state index >= 15 is 0 Å². The molecule has 2 unspecified atom stereocenters. The number of nitrogens with one attached hydrogen (secondary N) is 1. The van der Waals surface area contributed by atoms with Crippen molar-refractivity contribution >= 4 is 5.78 Å². The van der Waals surface area contributed by atoms with Crippen LogP contribution in [0, 0.1) is 11.8 Å². The fourth-order valence-corrected chi connectivity index (χ4v) is 4.32. The van der Waals surface area contributed by atoms with Crippen LogP contribution in [-0.4, -0.2) is 16.0 Å². The zero-order chi connectivity index (χ0) is 16.7. The summed E-state index contributed by atoms with van der Waals surface area (Å²) in [6.07, 6.45) is 2.68. The molecule has 2 aromatic rings. The molecule has 1 aliphatic carbocycles. The second kappa shape index (κ2) is 5.95. The van der Waals surface area contributed by atoms with Crippen molar-refractivity contribution in [3.05, 3.63) is 59.7 Å². The fourth-order valence-electron chi connectivity index (χ4n) is 4.32. The molecule has 24 heavy (non-hydrogen) atoms. The Labute approximate surface area is 141 Å². The Balaban J connectivity index is 1.78. The molecule has 1 saturated heterocycles. The van der Waals surface area contributed by atoms with Crippen molar-refractivity contribution in [3.8, 4) is 11.5 Å². The van der Waals surface area contributed by atoms with Gasteiger partial charge in [-0.3, -0.25) is 4.79 Å². The number of phenolic OH excluding ortho intramolecular Hbond substituents is 2. The normalized spacial score (nSPS) is 29.4. The summed E-state index contributed by atoms with van der Waals surface area (Å²) in [6.45, 7) is 0. The summed E-state index contributed by atoms with van der Waals surface area (Å²) in [6, 6.07) is 13.9. The Kier molecular flexibility index (Phi) is 3.77. The van der Waals surface area contributed by atoms with E-state index in [1.165, 1.54) is 0 Å². The molecule has 4 rings (SSSR count). The predicted molar refractivity (Wildman–Crippen MR) is 90.7 cm³/mol. The van der Waals surface area contributed by atoms with E-state index in [0.29, 0.717) is 0 Å². The standard InChI is InChI=1S/C20H21NO3/c22-16-10-3-1-6-12(16)18-14-8-5-9-15(20(14)24)19(21-18)13-7-2-4-11-17(13)23/h1-4,6-7,10-11,14-15,18-19,21-23H,5,8-9H2/t14-,15+,18?,19?. The smallest absolute Gasteiger partial charge is 0.142 e. The molecule has 4 atom stereocenters. The first kappa shape index (κ1) is 15.2. The Bertz CT molecular complexity index is 711. The average Bonchev–Trinajstić information content (AvgIpc) is 2.57. The Morgan fingerprint density at radius 3 is 1.71 bits per heavy atom. The SMILES string of the molecule is O=C1[C@H]2CCC[C@@H]1C(c1ccccc1O)NC2c1ccccc1O. The summed E-state index contributed by atoms with van der Waals surface area (Å²) in [5, 5.41) is 24.1. The highest BCUT2D eigenvalue weighted by Gasteiger charge is 2.47. The number of benzene rings is 2. The third kappa shape index (κ3) is 2.38. The van der Waals surface area contributed by atoms with E-state index in [4.69, 9.17) is 0 Å². The van der Waals surface area contributed by atoms with Gasteiger partial charge in [0.25, 0.3) is 0 Å². The summed E-state index contributed by atoms with van der Waals surface area (Å²) < 4.78 is 0. The van der Waals surface area contributed by atoms with Crippen molar-refractivity contribution < 1.29 is 15.0 Å². The molecular weight excluding hydrogens is 302 g/mol. The number of ketones is 1. The van der Waals surface area contributed by atoms with Gasteiger partial charge < -0.3 is 15.5 Å². The van der Waals surface area contributed by atoms with E-state index in [-0.39, 0.29) is 41.2 Å². The lowest BCUT2D eigenvalue weighted by molar-refractivity contribution is -0.135. The number of Topliss-reactive ketones (excluding diaryl/α,β-unsaturated/α-hetero) is 1. The van der Waals surface area contributed by atoms with Gasteiger partial charge in [0.05, 0.1) is 0 Å². The molecule has 2 bridgehead atoms. The minimum Gasteiger partial charge on any atom is -0.508 e. The van der Waals surface area contributed by atoms with Crippen molar-refractivity contribution in [1.82, 2.24) is 5.32 Å². The average molecular weight is 323 g/mol. The van der Waals surface area contributed by atoms with Gasteiger partial charge in [0.1, 0.15) is 17.3 Å². The molecule has 2 aliphatic rings. The Morgan fingerprint density at radius 2 is 1.25 bits per heavy atom. The maximum absolute atomic E-state index is 13.0. The first-order chi connectivity index (χ1) is 11.7. The number of rotatable bonds is 2. The van der Waals surface area contributed by atoms with Gasteiger partial charge in [-0.1, -0.05) is 42.8 Å². The van der Waals surface area contributed by atoms with Gasteiger partial charge >= 0.3 is 0 Å². The lowest BCUT2D eigenvalue weighted by Gasteiger charge is -2.45. The van der Waals surface area contributed by atoms with Crippen molar-refractivity contribution in [2.75, 3.05) is 0 Å². The fraction of sp³-hybridized carbons (Fsp3) is 0.350. The highest BCUT2D eigenvalue weighted by molar-refractivity contribution is 5.87. The Hall–Kier alpha value is -2.33. The van der Waals surface area contributed by atoms with Crippen LogP contribution in [0.2, 0.25) is 0 Å². The van der Waals surface area contributed by atoms with Crippen LogP contribution in [0.5, 0.6) is 11.5 Å². The van der Waals surface area contributed by atoms with Crippen molar-refractivity contribution in [2.24, 2.45) is 11.8 Å². The summed E-state index contributed by atoms with van der Waals surface area (Å²) in [5.41, 5.74) is 1.52. The number of carbonyl (C=O) groups is 1. The molecule has 0 amide bonds. The second-order valence-corrected chi connectivity index (χ2v) is 6.79. The van der Waals surface area contributed by atoms with Gasteiger partial charge in [0.2, 0.25) is 0 Å². The summed E-state index contributed by atoms with van der Waals surface area (Å²) in [5.74, 6) is 0.450. The van der Waals surface area contributed by atoms with Crippen LogP contribution in [0.3, 0.4) is 0 Å². The molecule has 2 fully saturated rings. The molecule has 1 heterocycles. The van der Waals surface area contributed by atoms with Gasteiger partial charge in [-0.2, -0.15) is 0 Å². The molecular formula is C20H21NO3. The van der Waals surface area contributed by atoms with Crippen LogP contribution >= 0.6 is 0 Å². The summed E-state index contributed by atoms with van der Waals surface area (Å²) >= 11 is 0. The lowest BCUT2D eigenvalue weighted by Crippen LogP contribution is -2.50. The Morgan fingerprint density at radius 1 is 0.792 bits per heavy atom. The third-order valence-electron chi connectivity index (χ3n) is 5.47. The monoisotopic (exact) mass is 323 g/mol. The zero-order valence-corrected chi connectivity index (χ0v) is 13.4. The van der Waals surface area contributed by atoms with Gasteiger partial charge in [0, 0.05) is 35.0 Å². The summed E-state index contributed by atoms with van der Waals surface area (Å²) in [4.78, 5) is 13.0. The van der Waals surface area contributed by atoms with E-state index in [9.17, 15) is 15.0 Å². The minimum absolute atomic E-state index is 0.112. The molecule has 4 heteroatoms. The van der Waals surface area contributed by atoms with Crippen LogP contribution in [0.25, 0.3) is 0 Å². The number of phenols is 2. The molecule has 2 aromatic carbocycles. The maximum Gasteiger partial charge on any atom is 0.142 e. The first-order valence-corrected chi connectivity index (χ1v) is 8.52. The van der Waals surface area contributed by atoms with Gasteiger partial charge in [-0.25, -0.2) is 0 Å². The molecule has 0 aromatic heterocycles. The number of para-hydroxylation sites is 2. The molecule has 0 radical (unpaired) electrons. The van der Waals surface area contributed by atoms with Gasteiger partial charge in [-0.05, 0) is 25.0 Å². The lowest BCUT2D eigenvalue weighted by atomic mass is 9.67. The second-order valence-electron chi connectivity index (χ2n) is 6.79. The number of hydrogen-bond acceptors (Lipinski definition) is 4. The third-order valence-corrected chi connectivity index (χ3v) is 5.47. The van der Waals surface area contributed by atoms with Crippen LogP contribution in [0.4, 0.5) is 0 Å². The van der Waals surface area contributed by atoms with E-state index in [0.717, 1.165) is 30.4 Å². The van der Waals surface area contributed by atoms with E-state index in [2.05, 4.69) is 5.32 Å². The summed E-state index contributed by atoms with van der Waals surface area (Å²) in [7, 11) is 0. The van der Waals surface area contributed by atoms with Crippen LogP contribution in [0.15, 0.2) is 48.5 Å². The highest BCUT2D eigenvalue weighted by Crippen LogP contribution is 2.48. The van der Waals surface area contributed by atoms with Crippen LogP contribution in [0.1, 0.15) is 42.5 Å². The van der Waals surface area contributed by atoms with E-state index in [1.807, 2.05) is 24.3 Å². The van der Waals surface area contributed by atoms with Crippen molar-refractivity contribution in [3.63, 3.8) is 0 Å². The molecule has 124 valence electrons. The first-order valence-electron chi connectivity index (χ1n) is 8.52. The van der Waals surface area contributed by atoms with Gasteiger partial charge in [-0.15, -0.1) is 0 Å². The number of aromatic hydroxyl groups is 2. The number of hydrogen-bond donors (Lipinski definition) is 3. The molecule has 3 N–H and O–H groups in total. The quantitative estimate of drug-likeness (QED) is 0.791. The van der Waals surface area contributed by atoms with Gasteiger partial charge in [0.15, 0.2) is 0 Å². The molecule has 1 saturated carbocycles. The van der Waals surface area contributed by atoms with Crippen molar-refractivity contribution in [2.45, 2.75) is 31.3 Å². The topological polar surface area (TPSA) is 69.6 Å². The molecule has 0 spiro atoms. The number of carbonyl (C=O) groups excluding carboxylic acids is 1. The van der Waals surface area contributed by atoms with Crippen molar-refractivity contribution in [1.29, 1.82) is 0 Å². The predicted octanol–water partition coefficient (Wildman–Crippen LogP) is 3.47. The van der Waals surface area contributed by atoms with Crippen LogP contribution in [-0.2, 0) is 4.79 Å². The van der Waals surface area contributed by atoms with E-state index in [1.54, 1.807) is 24.3 Å².